The van der Waals surface area contributed by atoms with E-state index in [0.29, 0.717) is 6.04 Å². The maximum Gasteiger partial charge on any atom is 0.0593 e. The second-order valence-electron chi connectivity index (χ2n) is 5.90. The first-order valence-corrected chi connectivity index (χ1v) is 7.45. The molecule has 0 aliphatic carbocycles. The quantitative estimate of drug-likeness (QED) is 0.740. The third-order valence-electron chi connectivity index (χ3n) is 3.55. The first-order chi connectivity index (χ1) is 9.41. The van der Waals surface area contributed by atoms with Gasteiger partial charge in [0, 0.05) is 19.1 Å². The Labute approximate surface area is 124 Å². The van der Waals surface area contributed by atoms with Crippen molar-refractivity contribution in [2.24, 2.45) is 0 Å². The number of rotatable bonds is 8. The van der Waals surface area contributed by atoms with E-state index in [1.54, 1.807) is 0 Å². The second-order valence-corrected chi connectivity index (χ2v) is 5.90. The lowest BCUT2D eigenvalue weighted by molar-refractivity contribution is 0.118. The molecular formula is C17H30N2O. The van der Waals surface area contributed by atoms with Gasteiger partial charge in [0.25, 0.3) is 0 Å². The number of hydrogen-bond donors (Lipinski definition) is 1. The average molecular weight is 278 g/mol. The molecule has 0 radical (unpaired) electrons. The zero-order valence-electron chi connectivity index (χ0n) is 13.9. The summed E-state index contributed by atoms with van der Waals surface area (Å²) < 4.78 is 5.61. The molecular weight excluding hydrogens is 248 g/mol. The molecule has 20 heavy (non-hydrogen) atoms. The second kappa shape index (κ2) is 8.40. The lowest BCUT2D eigenvalue weighted by atomic mass is 9.95. The molecule has 0 saturated heterocycles. The molecule has 1 atom stereocenters. The molecule has 114 valence electrons. The molecule has 0 aliphatic heterocycles. The van der Waals surface area contributed by atoms with Crippen LogP contribution in [0.15, 0.2) is 12.1 Å². The minimum atomic E-state index is 0.369. The van der Waals surface area contributed by atoms with Gasteiger partial charge in [-0.1, -0.05) is 17.7 Å². The van der Waals surface area contributed by atoms with Crippen LogP contribution in [0.5, 0.6) is 0 Å². The van der Waals surface area contributed by atoms with Crippen molar-refractivity contribution in [3.8, 4) is 0 Å². The maximum absolute atomic E-state index is 5.61. The number of benzene rings is 1. The van der Waals surface area contributed by atoms with Crippen molar-refractivity contribution in [1.82, 2.24) is 10.2 Å². The first-order valence-electron chi connectivity index (χ1n) is 7.45. The van der Waals surface area contributed by atoms with Crippen molar-refractivity contribution in [3.05, 3.63) is 34.4 Å². The molecule has 0 heterocycles. The average Bonchev–Trinajstić information content (AvgIpc) is 2.31. The van der Waals surface area contributed by atoms with Crippen LogP contribution in [-0.4, -0.2) is 45.3 Å². The molecule has 0 saturated carbocycles. The highest BCUT2D eigenvalue weighted by molar-refractivity contribution is 5.39. The van der Waals surface area contributed by atoms with Crippen LogP contribution in [0.4, 0.5) is 0 Å². The van der Waals surface area contributed by atoms with Gasteiger partial charge >= 0.3 is 0 Å². The van der Waals surface area contributed by atoms with Crippen LogP contribution in [0.3, 0.4) is 0 Å². The van der Waals surface area contributed by atoms with Crippen LogP contribution in [0, 0.1) is 20.8 Å². The Morgan fingerprint density at radius 1 is 1.10 bits per heavy atom. The third kappa shape index (κ3) is 5.61. The summed E-state index contributed by atoms with van der Waals surface area (Å²) in [6.45, 7) is 12.2. The molecule has 1 aromatic rings. The predicted octanol–water partition coefficient (Wildman–Crippen LogP) is 2.84. The van der Waals surface area contributed by atoms with Gasteiger partial charge in [-0.2, -0.15) is 0 Å². The van der Waals surface area contributed by atoms with Crippen molar-refractivity contribution in [1.29, 1.82) is 0 Å². The molecule has 3 nitrogen and oxygen atoms in total. The number of nitrogens with one attached hydrogen (secondary N) is 1. The monoisotopic (exact) mass is 278 g/mol. The summed E-state index contributed by atoms with van der Waals surface area (Å²) >= 11 is 0. The van der Waals surface area contributed by atoms with Crippen molar-refractivity contribution in [2.75, 3.05) is 40.4 Å². The fourth-order valence-electron chi connectivity index (χ4n) is 2.67. The number of hydrogen-bond acceptors (Lipinski definition) is 3. The van der Waals surface area contributed by atoms with Crippen LogP contribution < -0.4 is 5.32 Å². The Bertz CT molecular complexity index is 392. The van der Waals surface area contributed by atoms with E-state index in [9.17, 15) is 0 Å². The Morgan fingerprint density at radius 2 is 1.70 bits per heavy atom. The smallest absolute Gasteiger partial charge is 0.0593 e. The van der Waals surface area contributed by atoms with Gasteiger partial charge in [-0.25, -0.2) is 0 Å². The lowest BCUT2D eigenvalue weighted by Gasteiger charge is -2.20. The standard InChI is InChI=1S/C17H30N2O/c1-13-11-14(2)17(15(3)12-13)16(4)18-7-9-20-10-8-19(5)6/h11-12,16,18H,7-10H2,1-6H3. The highest BCUT2D eigenvalue weighted by Gasteiger charge is 2.11. The van der Waals surface area contributed by atoms with Crippen LogP contribution in [0.25, 0.3) is 0 Å². The van der Waals surface area contributed by atoms with Crippen LogP contribution >= 0.6 is 0 Å². The lowest BCUT2D eigenvalue weighted by Crippen LogP contribution is -2.26. The molecule has 1 unspecified atom stereocenters. The Morgan fingerprint density at radius 3 is 2.25 bits per heavy atom. The highest BCUT2D eigenvalue weighted by Crippen LogP contribution is 2.23. The van der Waals surface area contributed by atoms with E-state index in [-0.39, 0.29) is 0 Å². The first kappa shape index (κ1) is 17.2. The molecule has 0 aliphatic rings. The number of likely N-dealkylation sites (N-methyl/N-ethyl adjacent to an activating group) is 1. The number of ether oxygens (including phenoxy) is 1. The number of aryl methyl sites for hydroxylation is 3. The van der Waals surface area contributed by atoms with Gasteiger partial charge in [0.2, 0.25) is 0 Å². The summed E-state index contributed by atoms with van der Waals surface area (Å²) in [5.41, 5.74) is 5.50. The minimum Gasteiger partial charge on any atom is -0.379 e. The summed E-state index contributed by atoms with van der Waals surface area (Å²) in [5.74, 6) is 0. The molecule has 1 aromatic carbocycles. The van der Waals surface area contributed by atoms with Crippen molar-refractivity contribution in [3.63, 3.8) is 0 Å². The van der Waals surface area contributed by atoms with Gasteiger partial charge in [0.1, 0.15) is 0 Å². The van der Waals surface area contributed by atoms with Crippen molar-refractivity contribution in [2.45, 2.75) is 33.7 Å². The third-order valence-corrected chi connectivity index (χ3v) is 3.55. The molecule has 0 aromatic heterocycles. The Kier molecular flexibility index (Phi) is 7.20. The fraction of sp³-hybridized carbons (Fsp3) is 0.647. The molecule has 0 fully saturated rings. The molecule has 0 amide bonds. The molecule has 3 heteroatoms. The predicted molar refractivity (Wildman–Crippen MR) is 86.4 cm³/mol. The minimum absolute atomic E-state index is 0.369. The van der Waals surface area contributed by atoms with E-state index in [1.807, 2.05) is 0 Å². The van der Waals surface area contributed by atoms with Crippen molar-refractivity contribution < 1.29 is 4.74 Å². The fourth-order valence-corrected chi connectivity index (χ4v) is 2.67. The normalized spacial score (nSPS) is 12.9. The zero-order valence-corrected chi connectivity index (χ0v) is 13.9. The van der Waals surface area contributed by atoms with Gasteiger partial charge in [0.05, 0.1) is 13.2 Å². The molecule has 0 bridgehead atoms. The van der Waals surface area contributed by atoms with Crippen molar-refractivity contribution >= 4 is 0 Å². The van der Waals surface area contributed by atoms with E-state index in [1.165, 1.54) is 22.3 Å². The van der Waals surface area contributed by atoms with Crippen LogP contribution in [0.2, 0.25) is 0 Å². The van der Waals surface area contributed by atoms with E-state index in [2.05, 4.69) is 64.1 Å². The largest absolute Gasteiger partial charge is 0.379 e. The highest BCUT2D eigenvalue weighted by atomic mass is 16.5. The summed E-state index contributed by atoms with van der Waals surface area (Å²) in [7, 11) is 4.12. The Balaban J connectivity index is 2.38. The van der Waals surface area contributed by atoms with Gasteiger partial charge in [-0.15, -0.1) is 0 Å². The summed E-state index contributed by atoms with van der Waals surface area (Å²) in [5, 5.41) is 3.55. The zero-order chi connectivity index (χ0) is 15.1. The molecule has 1 rings (SSSR count). The summed E-state index contributed by atoms with van der Waals surface area (Å²) in [6.07, 6.45) is 0. The van der Waals surface area contributed by atoms with E-state index in [4.69, 9.17) is 4.74 Å². The topological polar surface area (TPSA) is 24.5 Å². The van der Waals surface area contributed by atoms with Gasteiger partial charge in [-0.05, 0) is 58.5 Å². The maximum atomic E-state index is 5.61. The van der Waals surface area contributed by atoms with E-state index in [0.717, 1.165) is 26.3 Å². The molecule has 0 spiro atoms. The summed E-state index contributed by atoms with van der Waals surface area (Å²) in [4.78, 5) is 2.13. The van der Waals surface area contributed by atoms with Crippen LogP contribution in [-0.2, 0) is 4.74 Å². The number of nitrogens with zero attached hydrogens (tertiary/aromatic N) is 1. The van der Waals surface area contributed by atoms with Crippen LogP contribution in [0.1, 0.15) is 35.2 Å². The van der Waals surface area contributed by atoms with Gasteiger partial charge in [0.15, 0.2) is 0 Å². The Hall–Kier alpha value is -0.900. The summed E-state index contributed by atoms with van der Waals surface area (Å²) in [6, 6.07) is 4.88. The van der Waals surface area contributed by atoms with Gasteiger partial charge < -0.3 is 15.0 Å². The van der Waals surface area contributed by atoms with Gasteiger partial charge in [-0.3, -0.25) is 0 Å². The SMILES string of the molecule is Cc1cc(C)c(C(C)NCCOCCN(C)C)c(C)c1. The molecule has 1 N–H and O–H groups in total. The van der Waals surface area contributed by atoms with E-state index < -0.39 is 0 Å². The van der Waals surface area contributed by atoms with E-state index >= 15 is 0 Å².